The van der Waals surface area contributed by atoms with E-state index in [4.69, 9.17) is 16.7 Å². The molecule has 0 aliphatic heterocycles. The molecule has 6 heteroatoms. The Bertz CT molecular complexity index is 589. The lowest BCUT2D eigenvalue weighted by Gasteiger charge is -1.98. The second kappa shape index (κ2) is 3.18. The lowest BCUT2D eigenvalue weighted by atomic mass is 10.3. The fourth-order valence-electron chi connectivity index (χ4n) is 1.64. The third kappa shape index (κ3) is 1.44. The molecule has 0 saturated heterocycles. The number of carbonyl (C=O) groups is 1. The zero-order valence-corrected chi connectivity index (χ0v) is 8.98. The Kier molecular flexibility index (Phi) is 1.91. The lowest BCUT2D eigenvalue weighted by Crippen LogP contribution is -2.03. The van der Waals surface area contributed by atoms with Crippen LogP contribution < -0.4 is 0 Å². The van der Waals surface area contributed by atoms with Gasteiger partial charge in [0.05, 0.1) is 5.69 Å². The highest BCUT2D eigenvalue weighted by atomic mass is 35.5. The number of fused-ring (bicyclic) bond motifs is 1. The van der Waals surface area contributed by atoms with Crippen molar-refractivity contribution in [1.82, 2.24) is 14.6 Å². The maximum atomic E-state index is 10.8. The van der Waals surface area contributed by atoms with Crippen molar-refractivity contribution in [3.05, 3.63) is 28.7 Å². The fraction of sp³-hybridized carbons (Fsp3) is 0.300. The van der Waals surface area contributed by atoms with Crippen molar-refractivity contribution in [2.75, 3.05) is 0 Å². The Morgan fingerprint density at radius 2 is 2.25 bits per heavy atom. The minimum Gasteiger partial charge on any atom is -0.477 e. The van der Waals surface area contributed by atoms with Crippen molar-refractivity contribution < 1.29 is 9.90 Å². The molecule has 0 amide bonds. The summed E-state index contributed by atoms with van der Waals surface area (Å²) in [6, 6.07) is 3.11. The van der Waals surface area contributed by atoms with Crippen LogP contribution >= 0.6 is 11.6 Å². The van der Waals surface area contributed by atoms with E-state index in [0.717, 1.165) is 18.5 Å². The summed E-state index contributed by atoms with van der Waals surface area (Å²) in [6.45, 7) is 0. The van der Waals surface area contributed by atoms with Crippen molar-refractivity contribution in [2.45, 2.75) is 18.8 Å². The van der Waals surface area contributed by atoms with E-state index in [1.165, 1.54) is 10.6 Å². The average molecular weight is 238 g/mol. The van der Waals surface area contributed by atoms with E-state index >= 15 is 0 Å². The summed E-state index contributed by atoms with van der Waals surface area (Å²) in [7, 11) is 0. The van der Waals surface area contributed by atoms with E-state index in [1.807, 2.05) is 0 Å². The summed E-state index contributed by atoms with van der Waals surface area (Å²) < 4.78 is 1.47. The number of aromatic carboxylic acids is 1. The maximum absolute atomic E-state index is 10.8. The molecule has 0 radical (unpaired) electrons. The maximum Gasteiger partial charge on any atom is 0.354 e. The molecular weight excluding hydrogens is 230 g/mol. The Hall–Kier alpha value is -1.62. The molecule has 2 heterocycles. The molecule has 82 valence electrons. The molecule has 0 aromatic carbocycles. The van der Waals surface area contributed by atoms with Crippen LogP contribution in [0.4, 0.5) is 0 Å². The van der Waals surface area contributed by atoms with Gasteiger partial charge < -0.3 is 5.11 Å². The number of rotatable bonds is 2. The first-order valence-corrected chi connectivity index (χ1v) is 5.32. The van der Waals surface area contributed by atoms with Crippen molar-refractivity contribution in [3.8, 4) is 0 Å². The first-order valence-electron chi connectivity index (χ1n) is 4.94. The van der Waals surface area contributed by atoms with Gasteiger partial charge in [-0.25, -0.2) is 14.3 Å². The molecule has 3 rings (SSSR count). The molecule has 1 saturated carbocycles. The summed E-state index contributed by atoms with van der Waals surface area (Å²) >= 11 is 5.94. The topological polar surface area (TPSA) is 67.5 Å². The zero-order chi connectivity index (χ0) is 11.3. The number of hydrogen-bond donors (Lipinski definition) is 1. The Balaban J connectivity index is 2.21. The number of halogens is 1. The molecule has 2 aromatic rings. The summed E-state index contributed by atoms with van der Waals surface area (Å²) in [5.74, 6) is -0.593. The molecule has 1 N–H and O–H groups in total. The van der Waals surface area contributed by atoms with Gasteiger partial charge >= 0.3 is 5.97 Å². The highest BCUT2D eigenvalue weighted by Crippen LogP contribution is 2.39. The summed E-state index contributed by atoms with van der Waals surface area (Å²) in [4.78, 5) is 14.8. The minimum absolute atomic E-state index is 0.0558. The largest absolute Gasteiger partial charge is 0.477 e. The van der Waals surface area contributed by atoms with Gasteiger partial charge in [0, 0.05) is 18.1 Å². The Morgan fingerprint density at radius 3 is 2.88 bits per heavy atom. The predicted octanol–water partition coefficient (Wildman–Crippen LogP) is 1.96. The summed E-state index contributed by atoms with van der Waals surface area (Å²) in [6.07, 6.45) is 2.26. The standard InChI is InChI=1S/C10H8ClN3O2/c11-8-3-7(10(15)16)12-9-4-6(5-1-2-5)13-14(8)9/h3-5H,1-2H2,(H,15,16). The second-order valence-electron chi connectivity index (χ2n) is 3.88. The predicted molar refractivity (Wildman–Crippen MR) is 56.9 cm³/mol. The lowest BCUT2D eigenvalue weighted by molar-refractivity contribution is 0.0690. The minimum atomic E-state index is -1.08. The van der Waals surface area contributed by atoms with Gasteiger partial charge in [-0.15, -0.1) is 0 Å². The molecule has 1 fully saturated rings. The van der Waals surface area contributed by atoms with E-state index in [-0.39, 0.29) is 10.8 Å². The molecule has 2 aromatic heterocycles. The molecule has 1 aliphatic rings. The van der Waals surface area contributed by atoms with Crippen LogP contribution in [0.1, 0.15) is 34.9 Å². The number of aromatic nitrogens is 3. The third-order valence-corrected chi connectivity index (χ3v) is 2.89. The highest BCUT2D eigenvalue weighted by Gasteiger charge is 2.27. The van der Waals surface area contributed by atoms with Crippen LogP contribution in [0.2, 0.25) is 5.15 Å². The molecule has 0 bridgehead atoms. The fourth-order valence-corrected chi connectivity index (χ4v) is 1.87. The molecule has 0 unspecified atom stereocenters. The smallest absolute Gasteiger partial charge is 0.354 e. The van der Waals surface area contributed by atoms with Gasteiger partial charge in [-0.3, -0.25) is 0 Å². The van der Waals surface area contributed by atoms with E-state index in [0.29, 0.717) is 11.6 Å². The quantitative estimate of drug-likeness (QED) is 0.811. The van der Waals surface area contributed by atoms with Crippen LogP contribution in [0.15, 0.2) is 12.1 Å². The normalized spacial score (nSPS) is 15.6. The first kappa shape index (κ1) is 9.59. The van der Waals surface area contributed by atoms with E-state index in [2.05, 4.69) is 10.1 Å². The monoisotopic (exact) mass is 237 g/mol. The molecule has 0 atom stereocenters. The van der Waals surface area contributed by atoms with E-state index < -0.39 is 5.97 Å². The third-order valence-electron chi connectivity index (χ3n) is 2.62. The van der Waals surface area contributed by atoms with Gasteiger partial charge in [0.25, 0.3) is 0 Å². The number of carboxylic acids is 1. The Morgan fingerprint density at radius 1 is 1.50 bits per heavy atom. The number of carboxylic acid groups (broad SMARTS) is 1. The van der Waals surface area contributed by atoms with Crippen molar-refractivity contribution in [1.29, 1.82) is 0 Å². The van der Waals surface area contributed by atoms with Gasteiger partial charge in [-0.1, -0.05) is 11.6 Å². The van der Waals surface area contributed by atoms with E-state index in [1.54, 1.807) is 6.07 Å². The van der Waals surface area contributed by atoms with Crippen LogP contribution in [-0.4, -0.2) is 25.7 Å². The van der Waals surface area contributed by atoms with Gasteiger partial charge in [-0.05, 0) is 12.8 Å². The van der Waals surface area contributed by atoms with Crippen LogP contribution in [0, 0.1) is 0 Å². The molecule has 5 nitrogen and oxygen atoms in total. The van der Waals surface area contributed by atoms with Crippen molar-refractivity contribution in [2.24, 2.45) is 0 Å². The molecule has 16 heavy (non-hydrogen) atoms. The number of hydrogen-bond acceptors (Lipinski definition) is 3. The summed E-state index contributed by atoms with van der Waals surface area (Å²) in [5.41, 5.74) is 1.38. The van der Waals surface area contributed by atoms with Gasteiger partial charge in [0.15, 0.2) is 11.3 Å². The molecule has 1 aliphatic carbocycles. The highest BCUT2D eigenvalue weighted by molar-refractivity contribution is 6.30. The second-order valence-corrected chi connectivity index (χ2v) is 4.27. The summed E-state index contributed by atoms with van der Waals surface area (Å²) in [5, 5.41) is 13.4. The van der Waals surface area contributed by atoms with Crippen molar-refractivity contribution in [3.63, 3.8) is 0 Å². The molecule has 0 spiro atoms. The van der Waals surface area contributed by atoms with Gasteiger partial charge in [-0.2, -0.15) is 5.10 Å². The van der Waals surface area contributed by atoms with Crippen molar-refractivity contribution >= 4 is 23.2 Å². The van der Waals surface area contributed by atoms with Crippen LogP contribution in [0.3, 0.4) is 0 Å². The van der Waals surface area contributed by atoms with Gasteiger partial charge in [0.1, 0.15) is 5.15 Å². The Labute approximate surface area is 95.7 Å². The van der Waals surface area contributed by atoms with Gasteiger partial charge in [0.2, 0.25) is 0 Å². The van der Waals surface area contributed by atoms with E-state index in [9.17, 15) is 4.79 Å². The van der Waals surface area contributed by atoms with Crippen LogP contribution in [0.25, 0.3) is 5.65 Å². The number of nitrogens with zero attached hydrogens (tertiary/aromatic N) is 3. The first-order chi connectivity index (χ1) is 7.65. The molecular formula is C10H8ClN3O2. The van der Waals surface area contributed by atoms with Crippen LogP contribution in [0.5, 0.6) is 0 Å². The average Bonchev–Trinajstić information content (AvgIpc) is 2.98. The zero-order valence-electron chi connectivity index (χ0n) is 8.22. The SMILES string of the molecule is O=C(O)c1cc(Cl)n2nc(C3CC3)cc2n1. The van der Waals surface area contributed by atoms with Crippen LogP contribution in [-0.2, 0) is 0 Å².